The maximum absolute atomic E-state index is 13.4. The number of hydrogen-bond acceptors (Lipinski definition) is 1. The molecular formula is C11H12ClF2N. The van der Waals surface area contributed by atoms with Gasteiger partial charge in [-0.25, -0.2) is 8.78 Å². The molecular weight excluding hydrogens is 220 g/mol. The van der Waals surface area contributed by atoms with Gasteiger partial charge in [0.25, 0.3) is 0 Å². The summed E-state index contributed by atoms with van der Waals surface area (Å²) in [6, 6.07) is 2.53. The molecule has 1 atom stereocenters. The van der Waals surface area contributed by atoms with Crippen molar-refractivity contribution < 1.29 is 8.78 Å². The van der Waals surface area contributed by atoms with Crippen molar-refractivity contribution in [1.29, 1.82) is 0 Å². The van der Waals surface area contributed by atoms with Crippen molar-refractivity contribution in [1.82, 2.24) is 5.32 Å². The van der Waals surface area contributed by atoms with Gasteiger partial charge in [-0.15, -0.1) is 0 Å². The first-order chi connectivity index (χ1) is 7.16. The van der Waals surface area contributed by atoms with Gasteiger partial charge in [-0.05, 0) is 37.4 Å². The molecule has 15 heavy (non-hydrogen) atoms. The van der Waals surface area contributed by atoms with Crippen LogP contribution in [0.25, 0.3) is 0 Å². The lowest BCUT2D eigenvalue weighted by Crippen LogP contribution is -2.24. The Balaban J connectivity index is 2.16. The zero-order chi connectivity index (χ0) is 10.8. The maximum Gasteiger partial charge on any atom is 0.144 e. The molecule has 1 aliphatic heterocycles. The van der Waals surface area contributed by atoms with Gasteiger partial charge in [0.05, 0.1) is 5.02 Å². The highest BCUT2D eigenvalue weighted by atomic mass is 35.5. The van der Waals surface area contributed by atoms with Crippen molar-refractivity contribution in [3.63, 3.8) is 0 Å². The van der Waals surface area contributed by atoms with Gasteiger partial charge >= 0.3 is 0 Å². The van der Waals surface area contributed by atoms with Crippen molar-refractivity contribution in [2.24, 2.45) is 0 Å². The van der Waals surface area contributed by atoms with Gasteiger partial charge in [-0.1, -0.05) is 11.6 Å². The lowest BCUT2D eigenvalue weighted by molar-refractivity contribution is 0.545. The van der Waals surface area contributed by atoms with Gasteiger partial charge in [-0.3, -0.25) is 0 Å². The van der Waals surface area contributed by atoms with E-state index in [4.69, 9.17) is 11.6 Å². The third-order valence-corrected chi connectivity index (χ3v) is 3.01. The molecule has 1 fully saturated rings. The Labute approximate surface area is 92.4 Å². The smallest absolute Gasteiger partial charge is 0.144 e. The molecule has 1 aromatic carbocycles. The fraction of sp³-hybridized carbons (Fsp3) is 0.455. The van der Waals surface area contributed by atoms with E-state index in [1.165, 1.54) is 6.07 Å². The van der Waals surface area contributed by atoms with Crippen molar-refractivity contribution in [2.45, 2.75) is 25.3 Å². The summed E-state index contributed by atoms with van der Waals surface area (Å²) in [5, 5.41) is 3.25. The Morgan fingerprint density at radius 3 is 2.80 bits per heavy atom. The predicted molar refractivity (Wildman–Crippen MR) is 56.1 cm³/mol. The Kier molecular flexibility index (Phi) is 3.22. The van der Waals surface area contributed by atoms with E-state index in [9.17, 15) is 8.78 Å². The summed E-state index contributed by atoms with van der Waals surface area (Å²) in [5.41, 5.74) is 0.487. The number of benzene rings is 1. The van der Waals surface area contributed by atoms with Crippen LogP contribution in [0.2, 0.25) is 5.02 Å². The SMILES string of the molecule is Fc1cc(F)c(CC2CCCN2)cc1Cl. The quantitative estimate of drug-likeness (QED) is 0.772. The molecule has 2 rings (SSSR count). The first-order valence-corrected chi connectivity index (χ1v) is 5.41. The maximum atomic E-state index is 13.4. The van der Waals surface area contributed by atoms with Crippen LogP contribution in [-0.4, -0.2) is 12.6 Å². The number of hydrogen-bond donors (Lipinski definition) is 1. The van der Waals surface area contributed by atoms with Crippen molar-refractivity contribution >= 4 is 11.6 Å². The van der Waals surface area contributed by atoms with E-state index in [-0.39, 0.29) is 5.02 Å². The summed E-state index contributed by atoms with van der Waals surface area (Å²) in [5.74, 6) is -1.21. The van der Waals surface area contributed by atoms with Crippen LogP contribution < -0.4 is 5.32 Å². The number of nitrogens with one attached hydrogen (secondary N) is 1. The third-order valence-electron chi connectivity index (χ3n) is 2.72. The third kappa shape index (κ3) is 2.47. The van der Waals surface area contributed by atoms with Gasteiger partial charge in [0, 0.05) is 12.1 Å². The van der Waals surface area contributed by atoms with E-state index in [0.29, 0.717) is 18.0 Å². The van der Waals surface area contributed by atoms with Crippen molar-refractivity contribution in [3.8, 4) is 0 Å². The first-order valence-electron chi connectivity index (χ1n) is 5.03. The highest BCUT2D eigenvalue weighted by Gasteiger charge is 2.17. The van der Waals surface area contributed by atoms with Crippen LogP contribution >= 0.6 is 11.6 Å². The second-order valence-corrected chi connectivity index (χ2v) is 4.26. The molecule has 0 saturated carbocycles. The average Bonchev–Trinajstić information content (AvgIpc) is 2.67. The molecule has 1 aliphatic rings. The monoisotopic (exact) mass is 231 g/mol. The molecule has 1 heterocycles. The first kappa shape index (κ1) is 10.8. The minimum absolute atomic E-state index is 0.00982. The van der Waals surface area contributed by atoms with E-state index in [0.717, 1.165) is 25.5 Å². The Morgan fingerprint density at radius 1 is 1.33 bits per heavy atom. The minimum Gasteiger partial charge on any atom is -0.314 e. The van der Waals surface area contributed by atoms with Crippen LogP contribution in [0.1, 0.15) is 18.4 Å². The Hall–Kier alpha value is -0.670. The molecule has 0 aromatic heterocycles. The lowest BCUT2D eigenvalue weighted by atomic mass is 10.0. The van der Waals surface area contributed by atoms with E-state index in [1.807, 2.05) is 0 Å². The molecule has 1 N–H and O–H groups in total. The molecule has 1 saturated heterocycles. The molecule has 0 amide bonds. The fourth-order valence-corrected chi connectivity index (χ4v) is 2.10. The van der Waals surface area contributed by atoms with Crippen LogP contribution in [0, 0.1) is 11.6 Å². The summed E-state index contributed by atoms with van der Waals surface area (Å²) in [7, 11) is 0. The molecule has 1 unspecified atom stereocenters. The van der Waals surface area contributed by atoms with Gasteiger partial charge in [0.15, 0.2) is 0 Å². The topological polar surface area (TPSA) is 12.0 Å². The highest BCUT2D eigenvalue weighted by Crippen LogP contribution is 2.22. The summed E-state index contributed by atoms with van der Waals surface area (Å²) >= 11 is 5.61. The van der Waals surface area contributed by atoms with E-state index < -0.39 is 11.6 Å². The summed E-state index contributed by atoms with van der Waals surface area (Å²) in [6.45, 7) is 0.973. The van der Waals surface area contributed by atoms with Gasteiger partial charge < -0.3 is 5.32 Å². The highest BCUT2D eigenvalue weighted by molar-refractivity contribution is 6.30. The summed E-state index contributed by atoms with van der Waals surface area (Å²) in [6.07, 6.45) is 2.72. The second-order valence-electron chi connectivity index (χ2n) is 3.86. The zero-order valence-electron chi connectivity index (χ0n) is 8.19. The molecule has 1 nitrogen and oxygen atoms in total. The van der Waals surface area contributed by atoms with Crippen molar-refractivity contribution in [2.75, 3.05) is 6.54 Å². The van der Waals surface area contributed by atoms with Crippen LogP contribution in [0.4, 0.5) is 8.78 Å². The van der Waals surface area contributed by atoms with Crippen LogP contribution in [0.3, 0.4) is 0 Å². The van der Waals surface area contributed by atoms with E-state index in [2.05, 4.69) is 5.32 Å². The molecule has 82 valence electrons. The zero-order valence-corrected chi connectivity index (χ0v) is 8.95. The Bertz CT molecular complexity index is 362. The lowest BCUT2D eigenvalue weighted by Gasteiger charge is -2.11. The summed E-state index contributed by atoms with van der Waals surface area (Å²) < 4.78 is 26.2. The molecule has 4 heteroatoms. The summed E-state index contributed by atoms with van der Waals surface area (Å²) in [4.78, 5) is 0. The van der Waals surface area contributed by atoms with Gasteiger partial charge in [0.2, 0.25) is 0 Å². The standard InChI is InChI=1S/C11H12ClF2N/c12-9-5-7(10(13)6-11(9)14)4-8-2-1-3-15-8/h5-6,8,15H,1-4H2. The minimum atomic E-state index is -0.697. The molecule has 0 radical (unpaired) electrons. The molecule has 0 aliphatic carbocycles. The molecule has 1 aromatic rings. The number of rotatable bonds is 2. The van der Waals surface area contributed by atoms with Crippen LogP contribution in [0.15, 0.2) is 12.1 Å². The molecule has 0 bridgehead atoms. The number of halogens is 3. The van der Waals surface area contributed by atoms with Crippen LogP contribution in [-0.2, 0) is 6.42 Å². The average molecular weight is 232 g/mol. The van der Waals surface area contributed by atoms with Gasteiger partial charge in [0.1, 0.15) is 11.6 Å². The van der Waals surface area contributed by atoms with Crippen molar-refractivity contribution in [3.05, 3.63) is 34.4 Å². The Morgan fingerprint density at radius 2 is 2.13 bits per heavy atom. The van der Waals surface area contributed by atoms with E-state index in [1.54, 1.807) is 0 Å². The van der Waals surface area contributed by atoms with Gasteiger partial charge in [-0.2, -0.15) is 0 Å². The fourth-order valence-electron chi connectivity index (χ4n) is 1.92. The normalized spacial score (nSPS) is 20.9. The predicted octanol–water partition coefficient (Wildman–Crippen LogP) is 2.91. The van der Waals surface area contributed by atoms with Crippen LogP contribution in [0.5, 0.6) is 0 Å². The van der Waals surface area contributed by atoms with E-state index >= 15 is 0 Å². The molecule has 0 spiro atoms. The largest absolute Gasteiger partial charge is 0.314 e. The second kappa shape index (κ2) is 4.45.